The first-order valence-corrected chi connectivity index (χ1v) is 4.08. The number of rotatable bonds is 0. The average molecular weight is 332 g/mol. The van der Waals surface area contributed by atoms with Crippen molar-refractivity contribution in [1.82, 2.24) is 0 Å². The number of ether oxygens (including phenoxy) is 2. The van der Waals surface area contributed by atoms with Crippen LogP contribution in [0, 0.1) is 0 Å². The van der Waals surface area contributed by atoms with Crippen LogP contribution in [0.5, 0.6) is 0 Å². The summed E-state index contributed by atoms with van der Waals surface area (Å²) in [7, 11) is 0. The molecule has 2 unspecified atom stereocenters. The van der Waals surface area contributed by atoms with Gasteiger partial charge in [-0.3, -0.25) is 4.74 Å². The lowest BCUT2D eigenvalue weighted by Gasteiger charge is -2.46. The Hall–Kier alpha value is -0.920. The summed E-state index contributed by atoms with van der Waals surface area (Å²) in [5.74, 6) is -13.5. The second-order valence-electron chi connectivity index (χ2n) is 3.42. The molecule has 1 saturated heterocycles. The topological polar surface area (TPSA) is 18.5 Å². The van der Waals surface area contributed by atoms with E-state index in [1.165, 1.54) is 0 Å². The SMILES string of the molecule is FC(F)(F)C1(F)OC(F)(C(F)(F)F)C(F)(F)OC1(F)F. The number of alkyl halides is 12. The van der Waals surface area contributed by atoms with Gasteiger partial charge >= 0.3 is 36.3 Å². The predicted octanol–water partition coefficient (Wildman–Crippen LogP) is 3.67. The zero-order valence-electron chi connectivity index (χ0n) is 8.35. The highest BCUT2D eigenvalue weighted by atomic mass is 19.4. The molecule has 0 spiro atoms. The normalized spacial score (nSPS) is 37.8. The van der Waals surface area contributed by atoms with E-state index in [0.29, 0.717) is 0 Å². The second-order valence-corrected chi connectivity index (χ2v) is 3.42. The summed E-state index contributed by atoms with van der Waals surface area (Å²) in [6.07, 6.45) is -27.3. The highest BCUT2D eigenvalue weighted by Gasteiger charge is 2.90. The second kappa shape index (κ2) is 3.84. The largest absolute Gasteiger partial charge is 0.458 e. The molecule has 1 heterocycles. The van der Waals surface area contributed by atoms with Crippen LogP contribution in [0.15, 0.2) is 0 Å². The van der Waals surface area contributed by atoms with Crippen molar-refractivity contribution in [1.29, 1.82) is 0 Å². The molecule has 1 aliphatic heterocycles. The maximum Gasteiger partial charge on any atom is 0.458 e. The molecule has 0 aromatic carbocycles. The molecule has 0 amide bonds. The molecule has 0 bridgehead atoms. The maximum atomic E-state index is 12.9. The van der Waals surface area contributed by atoms with Gasteiger partial charge in [0.1, 0.15) is 0 Å². The molecule has 20 heavy (non-hydrogen) atoms. The van der Waals surface area contributed by atoms with Crippen molar-refractivity contribution in [2.45, 2.75) is 36.3 Å². The summed E-state index contributed by atoms with van der Waals surface area (Å²) in [6, 6.07) is 0. The third-order valence-electron chi connectivity index (χ3n) is 2.02. The lowest BCUT2D eigenvalue weighted by molar-refractivity contribution is -0.618. The molecule has 0 aliphatic carbocycles. The minimum atomic E-state index is -7.00. The molecule has 0 saturated carbocycles. The summed E-state index contributed by atoms with van der Waals surface area (Å²) < 4.78 is 151. The fourth-order valence-corrected chi connectivity index (χ4v) is 1.05. The Bertz CT molecular complexity index is 362. The van der Waals surface area contributed by atoms with Crippen molar-refractivity contribution < 1.29 is 62.2 Å². The molecule has 1 fully saturated rings. The van der Waals surface area contributed by atoms with E-state index < -0.39 is 36.3 Å². The number of halogens is 12. The van der Waals surface area contributed by atoms with Gasteiger partial charge in [-0.1, -0.05) is 0 Å². The molecular formula is C6F12O2. The zero-order valence-corrected chi connectivity index (χ0v) is 8.35. The van der Waals surface area contributed by atoms with Crippen LogP contribution in [-0.2, 0) is 9.47 Å². The van der Waals surface area contributed by atoms with E-state index in [1.807, 2.05) is 4.74 Å². The standard InChI is InChI=1S/C6F12O2/c7-1(3(9,10)11)5(15,16)20-6(17,18)2(8,19-1)4(12,13)14. The summed E-state index contributed by atoms with van der Waals surface area (Å²) in [5, 5.41) is 0. The summed E-state index contributed by atoms with van der Waals surface area (Å²) in [4.78, 5) is 0. The highest BCUT2D eigenvalue weighted by molar-refractivity contribution is 5.00. The third kappa shape index (κ3) is 1.99. The van der Waals surface area contributed by atoms with Crippen LogP contribution in [0.4, 0.5) is 52.7 Å². The zero-order chi connectivity index (χ0) is 16.4. The van der Waals surface area contributed by atoms with Crippen LogP contribution in [0.3, 0.4) is 0 Å². The van der Waals surface area contributed by atoms with E-state index in [9.17, 15) is 52.7 Å². The van der Waals surface area contributed by atoms with E-state index in [0.717, 1.165) is 0 Å². The van der Waals surface area contributed by atoms with E-state index in [-0.39, 0.29) is 0 Å². The van der Waals surface area contributed by atoms with Gasteiger partial charge in [-0.2, -0.15) is 52.7 Å². The van der Waals surface area contributed by atoms with Gasteiger partial charge in [-0.25, -0.2) is 4.74 Å². The smallest absolute Gasteiger partial charge is 0.280 e. The van der Waals surface area contributed by atoms with Crippen molar-refractivity contribution >= 4 is 0 Å². The van der Waals surface area contributed by atoms with Crippen molar-refractivity contribution in [2.24, 2.45) is 0 Å². The minimum absolute atomic E-state index is 1.76. The molecule has 0 aromatic heterocycles. The van der Waals surface area contributed by atoms with E-state index in [4.69, 9.17) is 0 Å². The Morgan fingerprint density at radius 1 is 0.500 bits per heavy atom. The predicted molar refractivity (Wildman–Crippen MR) is 31.9 cm³/mol. The van der Waals surface area contributed by atoms with Crippen molar-refractivity contribution in [3.8, 4) is 0 Å². The van der Waals surface area contributed by atoms with Gasteiger partial charge in [0, 0.05) is 0 Å². The van der Waals surface area contributed by atoms with Crippen LogP contribution in [0.25, 0.3) is 0 Å². The Labute approximate surface area is 99.8 Å². The Morgan fingerprint density at radius 2 is 0.750 bits per heavy atom. The first-order chi connectivity index (χ1) is 8.41. The van der Waals surface area contributed by atoms with Crippen molar-refractivity contribution in [3.63, 3.8) is 0 Å². The molecule has 0 N–H and O–H groups in total. The maximum absolute atomic E-state index is 12.9. The van der Waals surface area contributed by atoms with Gasteiger partial charge in [0.2, 0.25) is 0 Å². The lowest BCUT2D eigenvalue weighted by Crippen LogP contribution is -2.75. The fraction of sp³-hybridized carbons (Fsp3) is 1.00. The number of hydrogen-bond donors (Lipinski definition) is 0. The molecule has 2 atom stereocenters. The molecule has 1 aliphatic rings. The summed E-state index contributed by atoms with van der Waals surface area (Å²) >= 11 is 0. The molecule has 0 radical (unpaired) electrons. The van der Waals surface area contributed by atoms with Crippen LogP contribution < -0.4 is 0 Å². The van der Waals surface area contributed by atoms with Gasteiger partial charge in [0.05, 0.1) is 0 Å². The Kier molecular flexibility index (Phi) is 3.29. The fourth-order valence-electron chi connectivity index (χ4n) is 1.05. The van der Waals surface area contributed by atoms with Crippen LogP contribution in [0.2, 0.25) is 0 Å². The molecule has 120 valence electrons. The van der Waals surface area contributed by atoms with Crippen LogP contribution >= 0.6 is 0 Å². The van der Waals surface area contributed by atoms with Crippen LogP contribution in [-0.4, -0.2) is 36.3 Å². The van der Waals surface area contributed by atoms with Gasteiger partial charge in [-0.05, 0) is 0 Å². The average Bonchev–Trinajstić information content (AvgIpc) is 2.09. The minimum Gasteiger partial charge on any atom is -0.280 e. The van der Waals surface area contributed by atoms with Crippen molar-refractivity contribution in [2.75, 3.05) is 0 Å². The first-order valence-electron chi connectivity index (χ1n) is 4.08. The number of hydrogen-bond acceptors (Lipinski definition) is 2. The van der Waals surface area contributed by atoms with E-state index in [2.05, 4.69) is 0 Å². The third-order valence-corrected chi connectivity index (χ3v) is 2.02. The van der Waals surface area contributed by atoms with Gasteiger partial charge < -0.3 is 0 Å². The Morgan fingerprint density at radius 3 is 0.950 bits per heavy atom. The van der Waals surface area contributed by atoms with Crippen molar-refractivity contribution in [3.05, 3.63) is 0 Å². The molecule has 14 heteroatoms. The quantitative estimate of drug-likeness (QED) is 0.630. The van der Waals surface area contributed by atoms with Gasteiger partial charge in [0.25, 0.3) is 0 Å². The van der Waals surface area contributed by atoms with Gasteiger partial charge in [0.15, 0.2) is 0 Å². The molecule has 1 rings (SSSR count). The van der Waals surface area contributed by atoms with Crippen LogP contribution in [0.1, 0.15) is 0 Å². The monoisotopic (exact) mass is 332 g/mol. The summed E-state index contributed by atoms with van der Waals surface area (Å²) in [6.45, 7) is 0. The van der Waals surface area contributed by atoms with E-state index in [1.54, 1.807) is 4.74 Å². The Balaban J connectivity index is 3.49. The molecule has 0 aromatic rings. The summed E-state index contributed by atoms with van der Waals surface area (Å²) in [5.41, 5.74) is 0. The van der Waals surface area contributed by atoms with E-state index >= 15 is 0 Å². The first kappa shape index (κ1) is 17.1. The van der Waals surface area contributed by atoms with Gasteiger partial charge in [-0.15, -0.1) is 0 Å². The molecular weight excluding hydrogens is 332 g/mol. The molecule has 2 nitrogen and oxygen atoms in total. The highest BCUT2D eigenvalue weighted by Crippen LogP contribution is 2.61. The lowest BCUT2D eigenvalue weighted by atomic mass is 10.1.